The van der Waals surface area contributed by atoms with Crippen LogP contribution in [0, 0.1) is 0 Å². The zero-order chi connectivity index (χ0) is 12.9. The van der Waals surface area contributed by atoms with Gasteiger partial charge in [-0.25, -0.2) is 0 Å². The highest BCUT2D eigenvalue weighted by Gasteiger charge is 1.93. The van der Waals surface area contributed by atoms with Crippen LogP contribution in [-0.4, -0.2) is 31.1 Å². The van der Waals surface area contributed by atoms with Crippen molar-refractivity contribution in [3.63, 3.8) is 0 Å². The largest absolute Gasteiger partial charge is 0.422 e. The molecule has 0 spiro atoms. The number of ether oxygens (including phenoxy) is 2. The van der Waals surface area contributed by atoms with Crippen LogP contribution in [0.5, 0.6) is 0 Å². The normalized spacial score (nSPS) is 10.2. The first kappa shape index (κ1) is 15.4. The van der Waals surface area contributed by atoms with E-state index in [-0.39, 0.29) is 0 Å². The van der Waals surface area contributed by atoms with Gasteiger partial charge in [0.1, 0.15) is 0 Å². The summed E-state index contributed by atoms with van der Waals surface area (Å²) in [6.07, 6.45) is 0.951. The van der Waals surface area contributed by atoms with Crippen molar-refractivity contribution in [1.29, 1.82) is 0 Å². The summed E-state index contributed by atoms with van der Waals surface area (Å²) in [7, 11) is 0. The van der Waals surface area contributed by atoms with Crippen LogP contribution in [0.25, 0.3) is 0 Å². The molecule has 100 valence electrons. The molecule has 0 saturated heterocycles. The van der Waals surface area contributed by atoms with Crippen molar-refractivity contribution in [3.8, 4) is 0 Å². The summed E-state index contributed by atoms with van der Waals surface area (Å²) in [6, 6.07) is 10.1. The average Bonchev–Trinajstić information content (AvgIpc) is 2.42. The Morgan fingerprint density at radius 3 is 2.61 bits per heavy atom. The third-order valence-electron chi connectivity index (χ3n) is 2.11. The zero-order valence-corrected chi connectivity index (χ0v) is 11.9. The van der Waals surface area contributed by atoms with Crippen molar-refractivity contribution in [2.45, 2.75) is 13.0 Å². The molecular formula is C13H18O3S2. The van der Waals surface area contributed by atoms with Crippen LogP contribution in [0.3, 0.4) is 0 Å². The van der Waals surface area contributed by atoms with Gasteiger partial charge in [-0.3, -0.25) is 0 Å². The second-order valence-corrected chi connectivity index (χ2v) is 4.55. The Kier molecular flexibility index (Phi) is 9.84. The van der Waals surface area contributed by atoms with E-state index < -0.39 is 0 Å². The van der Waals surface area contributed by atoms with Gasteiger partial charge in [-0.05, 0) is 24.2 Å². The highest BCUT2D eigenvalue weighted by atomic mass is 32.2. The van der Waals surface area contributed by atoms with Crippen LogP contribution in [0.4, 0.5) is 0 Å². The number of rotatable bonds is 11. The summed E-state index contributed by atoms with van der Waals surface area (Å²) in [5.41, 5.74) is 2.45. The summed E-state index contributed by atoms with van der Waals surface area (Å²) in [4.78, 5) is 0. The van der Waals surface area contributed by atoms with Crippen LogP contribution in [0.15, 0.2) is 30.3 Å². The van der Waals surface area contributed by atoms with E-state index in [1.807, 2.05) is 30.3 Å². The first-order valence-corrected chi connectivity index (χ1v) is 7.23. The highest BCUT2D eigenvalue weighted by Crippen LogP contribution is 2.02. The molecule has 0 heterocycles. The van der Waals surface area contributed by atoms with E-state index in [1.165, 1.54) is 23.2 Å². The van der Waals surface area contributed by atoms with Gasteiger partial charge in [0.25, 0.3) is 0 Å². The molecule has 0 fully saturated rings. The Hall–Kier alpha value is -0.620. The Balaban J connectivity index is 1.83. The molecule has 0 radical (unpaired) electrons. The lowest BCUT2D eigenvalue weighted by molar-refractivity contribution is 0.0410. The van der Waals surface area contributed by atoms with Crippen molar-refractivity contribution in [2.24, 2.45) is 0 Å². The molecular weight excluding hydrogens is 268 g/mol. The van der Waals surface area contributed by atoms with Crippen LogP contribution in [-0.2, 0) is 20.3 Å². The van der Waals surface area contributed by atoms with Gasteiger partial charge in [0.2, 0.25) is 0 Å². The fourth-order valence-corrected chi connectivity index (χ4v) is 1.83. The standard InChI is InChI=1S/C13H18O3S2/c17-12-16-18-10-4-7-14-8-9-15-11-13-5-2-1-3-6-13/h1-3,5-6,12H,4,7-11H2. The van der Waals surface area contributed by atoms with Crippen LogP contribution in [0.1, 0.15) is 12.0 Å². The number of benzene rings is 1. The Bertz CT molecular complexity index is 306. The molecule has 1 aromatic carbocycles. The summed E-state index contributed by atoms with van der Waals surface area (Å²) < 4.78 is 15.8. The Morgan fingerprint density at radius 1 is 1.06 bits per heavy atom. The lowest BCUT2D eigenvalue weighted by atomic mass is 10.2. The minimum Gasteiger partial charge on any atom is -0.422 e. The fourth-order valence-electron chi connectivity index (χ4n) is 1.28. The SMILES string of the molecule is S=COSCCCOCCOCc1ccccc1. The van der Waals surface area contributed by atoms with Crippen molar-refractivity contribution < 1.29 is 13.7 Å². The van der Waals surface area contributed by atoms with Crippen molar-refractivity contribution in [3.05, 3.63) is 35.9 Å². The molecule has 0 bridgehead atoms. The van der Waals surface area contributed by atoms with E-state index in [1.54, 1.807) is 0 Å². The summed E-state index contributed by atoms with van der Waals surface area (Å²) in [5.74, 6) is 0.887. The minimum atomic E-state index is 0.623. The topological polar surface area (TPSA) is 27.7 Å². The number of hydrogen-bond donors (Lipinski definition) is 0. The molecule has 0 aromatic heterocycles. The Labute approximate surface area is 118 Å². The van der Waals surface area contributed by atoms with Gasteiger partial charge in [-0.15, -0.1) is 0 Å². The number of thiocarbonyl (C=S) groups is 1. The molecule has 0 unspecified atom stereocenters. The van der Waals surface area contributed by atoms with Crippen molar-refractivity contribution in [1.82, 2.24) is 0 Å². The van der Waals surface area contributed by atoms with E-state index >= 15 is 0 Å². The smallest absolute Gasteiger partial charge is 0.164 e. The number of hydrogen-bond acceptors (Lipinski definition) is 5. The Morgan fingerprint density at radius 2 is 1.83 bits per heavy atom. The van der Waals surface area contributed by atoms with Gasteiger partial charge in [-0.2, -0.15) is 0 Å². The zero-order valence-electron chi connectivity index (χ0n) is 10.2. The van der Waals surface area contributed by atoms with Crippen LogP contribution in [0.2, 0.25) is 0 Å². The second-order valence-electron chi connectivity index (χ2n) is 3.52. The van der Waals surface area contributed by atoms with E-state index in [9.17, 15) is 0 Å². The molecule has 18 heavy (non-hydrogen) atoms. The predicted molar refractivity (Wildman–Crippen MR) is 78.7 cm³/mol. The monoisotopic (exact) mass is 286 g/mol. The minimum absolute atomic E-state index is 0.623. The lowest BCUT2D eigenvalue weighted by Gasteiger charge is -2.05. The van der Waals surface area contributed by atoms with Gasteiger partial charge in [0.05, 0.1) is 31.9 Å². The third-order valence-corrected chi connectivity index (χ3v) is 3.01. The maximum atomic E-state index is 5.49. The van der Waals surface area contributed by atoms with Gasteiger partial charge in [-0.1, -0.05) is 30.3 Å². The molecule has 0 atom stereocenters. The molecule has 3 nitrogen and oxygen atoms in total. The van der Waals surface area contributed by atoms with Crippen LogP contribution >= 0.6 is 24.3 Å². The van der Waals surface area contributed by atoms with Gasteiger partial charge in [0, 0.05) is 12.4 Å². The molecule has 5 heteroatoms. The van der Waals surface area contributed by atoms with Gasteiger partial charge in [0.15, 0.2) is 5.55 Å². The third kappa shape index (κ3) is 8.47. The first-order chi connectivity index (χ1) is 8.93. The van der Waals surface area contributed by atoms with Gasteiger partial charge >= 0.3 is 0 Å². The average molecular weight is 286 g/mol. The summed E-state index contributed by atoms with van der Waals surface area (Å²) >= 11 is 5.87. The van der Waals surface area contributed by atoms with Gasteiger partial charge < -0.3 is 13.7 Å². The molecule has 0 saturated carbocycles. The van der Waals surface area contributed by atoms with E-state index in [0.29, 0.717) is 19.8 Å². The molecule has 1 aromatic rings. The van der Waals surface area contributed by atoms with E-state index in [4.69, 9.17) is 13.7 Å². The predicted octanol–water partition coefficient (Wildman–Crippen LogP) is 3.23. The fraction of sp³-hybridized carbons (Fsp3) is 0.462. The van der Waals surface area contributed by atoms with Crippen molar-refractivity contribution in [2.75, 3.05) is 25.6 Å². The first-order valence-electron chi connectivity index (χ1n) is 5.85. The quantitative estimate of drug-likeness (QED) is 0.354. The van der Waals surface area contributed by atoms with Crippen molar-refractivity contribution >= 4 is 29.8 Å². The maximum Gasteiger partial charge on any atom is 0.164 e. The summed E-state index contributed by atoms with van der Waals surface area (Å²) in [5, 5.41) is 0. The molecule has 0 aliphatic rings. The van der Waals surface area contributed by atoms with E-state index in [0.717, 1.165) is 18.8 Å². The molecule has 0 amide bonds. The molecule has 1 rings (SSSR count). The molecule has 0 N–H and O–H groups in total. The highest BCUT2D eigenvalue weighted by molar-refractivity contribution is 7.95. The summed E-state index contributed by atoms with van der Waals surface area (Å²) in [6.45, 7) is 2.62. The maximum absolute atomic E-state index is 5.49. The van der Waals surface area contributed by atoms with Crippen LogP contribution < -0.4 is 0 Å². The molecule has 0 aliphatic carbocycles. The molecule has 0 aliphatic heterocycles. The van der Waals surface area contributed by atoms with E-state index in [2.05, 4.69) is 12.2 Å². The second kappa shape index (κ2) is 11.5. The lowest BCUT2D eigenvalue weighted by Crippen LogP contribution is -2.05.